The molecule has 0 saturated carbocycles. The minimum atomic E-state index is -0.0538. The van der Waals surface area contributed by atoms with Gasteiger partial charge < -0.3 is 5.32 Å². The Bertz CT molecular complexity index is 1090. The van der Waals surface area contributed by atoms with Gasteiger partial charge in [0.1, 0.15) is 5.01 Å². The van der Waals surface area contributed by atoms with Crippen LogP contribution >= 0.6 is 22.9 Å². The average molecular weight is 393 g/mol. The highest BCUT2D eigenvalue weighted by Crippen LogP contribution is 2.32. The van der Waals surface area contributed by atoms with Gasteiger partial charge in [-0.3, -0.25) is 4.79 Å². The molecule has 0 atom stereocenters. The zero-order chi connectivity index (χ0) is 18.8. The summed E-state index contributed by atoms with van der Waals surface area (Å²) >= 11 is 7.55. The molecule has 3 aromatic carbocycles. The standard InChI is InChI=1S/C22H17ClN2OS/c1-14-6-9-16(22-25-18-4-2-3-5-20(18)27-22)13-19(14)24-21(26)12-15-7-10-17(23)11-8-15/h2-11,13H,12H2,1H3,(H,24,26). The minimum Gasteiger partial charge on any atom is -0.326 e. The highest BCUT2D eigenvalue weighted by Gasteiger charge is 2.10. The van der Waals surface area contributed by atoms with Crippen LogP contribution in [0.15, 0.2) is 66.7 Å². The molecule has 4 rings (SSSR count). The van der Waals surface area contributed by atoms with Crippen LogP contribution in [0, 0.1) is 6.92 Å². The van der Waals surface area contributed by atoms with E-state index in [2.05, 4.69) is 11.4 Å². The number of aryl methyl sites for hydroxylation is 1. The van der Waals surface area contributed by atoms with Crippen molar-refractivity contribution in [3.05, 3.63) is 82.9 Å². The molecule has 4 aromatic rings. The first-order valence-electron chi connectivity index (χ1n) is 8.59. The van der Waals surface area contributed by atoms with Gasteiger partial charge in [0.15, 0.2) is 0 Å². The summed E-state index contributed by atoms with van der Waals surface area (Å²) < 4.78 is 1.15. The van der Waals surface area contributed by atoms with Gasteiger partial charge in [0.05, 0.1) is 16.6 Å². The van der Waals surface area contributed by atoms with Crippen LogP contribution in [0.5, 0.6) is 0 Å². The Balaban J connectivity index is 1.56. The van der Waals surface area contributed by atoms with E-state index in [0.29, 0.717) is 11.4 Å². The number of nitrogens with zero attached hydrogens (tertiary/aromatic N) is 1. The molecule has 0 spiro atoms. The number of rotatable bonds is 4. The smallest absolute Gasteiger partial charge is 0.228 e. The molecular weight excluding hydrogens is 376 g/mol. The van der Waals surface area contributed by atoms with E-state index in [1.165, 1.54) is 0 Å². The second-order valence-electron chi connectivity index (χ2n) is 6.37. The summed E-state index contributed by atoms with van der Waals surface area (Å²) in [6, 6.07) is 21.5. The molecule has 27 heavy (non-hydrogen) atoms. The molecule has 0 radical (unpaired) electrons. The third-order valence-corrected chi connectivity index (χ3v) is 5.67. The number of fused-ring (bicyclic) bond motifs is 1. The van der Waals surface area contributed by atoms with Gasteiger partial charge in [0, 0.05) is 16.3 Å². The normalized spacial score (nSPS) is 10.9. The van der Waals surface area contributed by atoms with Crippen molar-refractivity contribution >= 4 is 44.7 Å². The fourth-order valence-corrected chi connectivity index (χ4v) is 3.96. The largest absolute Gasteiger partial charge is 0.326 e. The van der Waals surface area contributed by atoms with Crippen LogP contribution in [-0.4, -0.2) is 10.9 Å². The van der Waals surface area contributed by atoms with Crippen molar-refractivity contribution in [2.75, 3.05) is 5.32 Å². The number of carbonyl (C=O) groups is 1. The summed E-state index contributed by atoms with van der Waals surface area (Å²) in [5.41, 5.74) is 4.75. The number of hydrogen-bond donors (Lipinski definition) is 1. The van der Waals surface area contributed by atoms with Gasteiger partial charge in [0.25, 0.3) is 0 Å². The van der Waals surface area contributed by atoms with Crippen LogP contribution in [0.25, 0.3) is 20.8 Å². The zero-order valence-electron chi connectivity index (χ0n) is 14.7. The lowest BCUT2D eigenvalue weighted by Crippen LogP contribution is -2.15. The topological polar surface area (TPSA) is 42.0 Å². The van der Waals surface area contributed by atoms with E-state index in [4.69, 9.17) is 16.6 Å². The number of anilines is 1. The Morgan fingerprint density at radius 1 is 1.07 bits per heavy atom. The van der Waals surface area contributed by atoms with Crippen molar-refractivity contribution in [1.29, 1.82) is 0 Å². The summed E-state index contributed by atoms with van der Waals surface area (Å²) in [4.78, 5) is 17.2. The van der Waals surface area contributed by atoms with E-state index in [1.54, 1.807) is 23.5 Å². The maximum Gasteiger partial charge on any atom is 0.228 e. The molecule has 3 nitrogen and oxygen atoms in total. The molecule has 1 heterocycles. The number of benzene rings is 3. The molecule has 134 valence electrons. The van der Waals surface area contributed by atoms with E-state index in [0.717, 1.165) is 37.6 Å². The van der Waals surface area contributed by atoms with E-state index in [9.17, 15) is 4.79 Å². The number of hydrogen-bond acceptors (Lipinski definition) is 3. The van der Waals surface area contributed by atoms with E-state index in [-0.39, 0.29) is 5.91 Å². The van der Waals surface area contributed by atoms with Crippen LogP contribution in [0.2, 0.25) is 5.02 Å². The SMILES string of the molecule is Cc1ccc(-c2nc3ccccc3s2)cc1NC(=O)Cc1ccc(Cl)cc1. The van der Waals surface area contributed by atoms with Crippen molar-refractivity contribution < 1.29 is 4.79 Å². The van der Waals surface area contributed by atoms with Gasteiger partial charge in [-0.05, 0) is 48.4 Å². The monoisotopic (exact) mass is 392 g/mol. The second-order valence-corrected chi connectivity index (χ2v) is 7.83. The van der Waals surface area contributed by atoms with Crippen molar-refractivity contribution in [1.82, 2.24) is 4.98 Å². The van der Waals surface area contributed by atoms with Crippen LogP contribution in [0.4, 0.5) is 5.69 Å². The summed E-state index contributed by atoms with van der Waals surface area (Å²) in [5, 5.41) is 4.64. The fraction of sp³-hybridized carbons (Fsp3) is 0.0909. The van der Waals surface area contributed by atoms with E-state index in [1.807, 2.05) is 55.5 Å². The molecule has 5 heteroatoms. The molecule has 0 fully saturated rings. The van der Waals surface area contributed by atoms with E-state index < -0.39 is 0 Å². The maximum atomic E-state index is 12.5. The van der Waals surface area contributed by atoms with Crippen LogP contribution in [0.3, 0.4) is 0 Å². The Hall–Kier alpha value is -2.69. The van der Waals surface area contributed by atoms with Crippen molar-refractivity contribution in [2.45, 2.75) is 13.3 Å². The predicted molar refractivity (Wildman–Crippen MR) is 114 cm³/mol. The summed E-state index contributed by atoms with van der Waals surface area (Å²) in [6.07, 6.45) is 0.308. The van der Waals surface area contributed by atoms with Crippen molar-refractivity contribution in [3.63, 3.8) is 0 Å². The number of para-hydroxylation sites is 1. The summed E-state index contributed by atoms with van der Waals surface area (Å²) in [5.74, 6) is -0.0538. The Morgan fingerprint density at radius 2 is 1.85 bits per heavy atom. The Kier molecular flexibility index (Phi) is 4.92. The number of halogens is 1. The molecule has 0 unspecified atom stereocenters. The molecular formula is C22H17ClN2OS. The first-order chi connectivity index (χ1) is 13.1. The predicted octanol–water partition coefficient (Wildman–Crippen LogP) is 6.11. The van der Waals surface area contributed by atoms with Crippen molar-refractivity contribution in [3.8, 4) is 10.6 Å². The quantitative estimate of drug-likeness (QED) is 0.455. The lowest BCUT2D eigenvalue weighted by molar-refractivity contribution is -0.115. The first kappa shape index (κ1) is 17.7. The van der Waals surface area contributed by atoms with E-state index >= 15 is 0 Å². The van der Waals surface area contributed by atoms with Gasteiger partial charge in [-0.1, -0.05) is 48.0 Å². The van der Waals surface area contributed by atoms with Crippen molar-refractivity contribution in [2.24, 2.45) is 0 Å². The fourth-order valence-electron chi connectivity index (χ4n) is 2.87. The highest BCUT2D eigenvalue weighted by atomic mass is 35.5. The molecule has 1 N–H and O–H groups in total. The second kappa shape index (κ2) is 7.51. The number of carbonyl (C=O) groups excluding carboxylic acids is 1. The summed E-state index contributed by atoms with van der Waals surface area (Å²) in [6.45, 7) is 1.99. The van der Waals surface area contributed by atoms with Gasteiger partial charge in [-0.25, -0.2) is 4.98 Å². The molecule has 0 bridgehead atoms. The molecule has 0 aliphatic heterocycles. The lowest BCUT2D eigenvalue weighted by Gasteiger charge is -2.10. The number of thiazole rings is 1. The van der Waals surface area contributed by atoms with Crippen LogP contribution in [0.1, 0.15) is 11.1 Å². The average Bonchev–Trinajstić information content (AvgIpc) is 3.09. The summed E-state index contributed by atoms with van der Waals surface area (Å²) in [7, 11) is 0. The number of nitrogens with one attached hydrogen (secondary N) is 1. The van der Waals surface area contributed by atoms with Gasteiger partial charge >= 0.3 is 0 Å². The van der Waals surface area contributed by atoms with Gasteiger partial charge in [-0.2, -0.15) is 0 Å². The van der Waals surface area contributed by atoms with Crippen LogP contribution < -0.4 is 5.32 Å². The number of aromatic nitrogens is 1. The molecule has 1 amide bonds. The lowest BCUT2D eigenvalue weighted by atomic mass is 10.1. The van der Waals surface area contributed by atoms with Crippen LogP contribution in [-0.2, 0) is 11.2 Å². The zero-order valence-corrected chi connectivity index (χ0v) is 16.3. The van der Waals surface area contributed by atoms with Gasteiger partial charge in [-0.15, -0.1) is 11.3 Å². The minimum absolute atomic E-state index is 0.0538. The van der Waals surface area contributed by atoms with Gasteiger partial charge in [0.2, 0.25) is 5.91 Å². The molecule has 1 aromatic heterocycles. The third-order valence-electron chi connectivity index (χ3n) is 4.33. The third kappa shape index (κ3) is 4.02. The highest BCUT2D eigenvalue weighted by molar-refractivity contribution is 7.21. The Morgan fingerprint density at radius 3 is 2.63 bits per heavy atom. The molecule has 0 aliphatic rings. The molecule has 0 saturated heterocycles. The molecule has 0 aliphatic carbocycles. The Labute approximate surface area is 166 Å². The maximum absolute atomic E-state index is 12.5. The first-order valence-corrected chi connectivity index (χ1v) is 9.79. The number of amides is 1.